The van der Waals surface area contributed by atoms with Crippen LogP contribution in [0.2, 0.25) is 0 Å². The van der Waals surface area contributed by atoms with Crippen LogP contribution in [0.3, 0.4) is 0 Å². The van der Waals surface area contributed by atoms with Crippen molar-refractivity contribution in [2.45, 2.75) is 39.3 Å². The average Bonchev–Trinajstić information content (AvgIpc) is 2.82. The molecule has 4 rings (SSSR count). The zero-order chi connectivity index (χ0) is 22.2. The molecule has 1 fully saturated rings. The average molecular weight is 434 g/mol. The van der Waals surface area contributed by atoms with Crippen molar-refractivity contribution < 1.29 is 0 Å². The zero-order valence-electron chi connectivity index (χ0n) is 18.8. The van der Waals surface area contributed by atoms with Crippen molar-refractivity contribution in [3.05, 3.63) is 54.5 Å². The molecule has 168 valence electrons. The topological polar surface area (TPSA) is 95.0 Å². The summed E-state index contributed by atoms with van der Waals surface area (Å²) >= 11 is 0. The summed E-state index contributed by atoms with van der Waals surface area (Å²) in [6.45, 7) is 8.93. The number of benzene rings is 1. The zero-order valence-corrected chi connectivity index (χ0v) is 18.8. The van der Waals surface area contributed by atoms with Crippen molar-refractivity contribution >= 4 is 23.7 Å². The summed E-state index contributed by atoms with van der Waals surface area (Å²) in [6, 6.07) is 11.0. The molecule has 0 spiro atoms. The first kappa shape index (κ1) is 21.9. The van der Waals surface area contributed by atoms with Gasteiger partial charge in [0.25, 0.3) is 0 Å². The van der Waals surface area contributed by atoms with Crippen LogP contribution in [0, 0.1) is 0 Å². The van der Waals surface area contributed by atoms with E-state index in [0.29, 0.717) is 29.7 Å². The van der Waals surface area contributed by atoms with Crippen LogP contribution in [0.1, 0.15) is 32.3 Å². The Morgan fingerprint density at radius 3 is 2.41 bits per heavy atom. The van der Waals surface area contributed by atoms with E-state index in [2.05, 4.69) is 84.5 Å². The number of likely N-dealkylation sites (tertiary alicyclic amines) is 1. The van der Waals surface area contributed by atoms with E-state index in [1.165, 1.54) is 5.56 Å². The number of piperidine rings is 1. The molecule has 0 aliphatic carbocycles. The fraction of sp³-hybridized carbons (Fsp3) is 0.435. The lowest BCUT2D eigenvalue weighted by molar-refractivity contribution is 0.211. The largest absolute Gasteiger partial charge is 0.351 e. The van der Waals surface area contributed by atoms with E-state index in [1.54, 1.807) is 18.6 Å². The minimum absolute atomic E-state index is 0.332. The highest BCUT2D eigenvalue weighted by Gasteiger charge is 2.21. The summed E-state index contributed by atoms with van der Waals surface area (Å²) in [7, 11) is 0. The summed E-state index contributed by atoms with van der Waals surface area (Å²) in [5, 5.41) is 6.69. The maximum absolute atomic E-state index is 4.70. The first-order valence-electron chi connectivity index (χ1n) is 11.3. The van der Waals surface area contributed by atoms with Gasteiger partial charge >= 0.3 is 0 Å². The minimum atomic E-state index is 0.332. The quantitative estimate of drug-likeness (QED) is 0.527. The van der Waals surface area contributed by atoms with E-state index in [0.717, 1.165) is 45.6 Å². The number of aromatic nitrogens is 5. The van der Waals surface area contributed by atoms with Crippen molar-refractivity contribution in [3.8, 4) is 0 Å². The molecule has 1 saturated heterocycles. The van der Waals surface area contributed by atoms with Gasteiger partial charge < -0.3 is 15.5 Å². The Kier molecular flexibility index (Phi) is 7.39. The lowest BCUT2D eigenvalue weighted by Gasteiger charge is -2.32. The summed E-state index contributed by atoms with van der Waals surface area (Å²) in [5.74, 6) is 2.31. The van der Waals surface area contributed by atoms with Crippen LogP contribution in [0.5, 0.6) is 0 Å². The summed E-state index contributed by atoms with van der Waals surface area (Å²) in [5.41, 5.74) is 1.36. The van der Waals surface area contributed by atoms with E-state index in [4.69, 9.17) is 4.98 Å². The summed E-state index contributed by atoms with van der Waals surface area (Å²) < 4.78 is 0. The third-order valence-electron chi connectivity index (χ3n) is 5.64. The lowest BCUT2D eigenvalue weighted by atomic mass is 10.0. The van der Waals surface area contributed by atoms with Crippen LogP contribution < -0.4 is 15.5 Å². The van der Waals surface area contributed by atoms with Crippen LogP contribution in [0.25, 0.3) is 0 Å². The molecule has 0 bridgehead atoms. The van der Waals surface area contributed by atoms with Crippen molar-refractivity contribution in [1.29, 1.82) is 0 Å². The molecule has 9 nitrogen and oxygen atoms in total. The fourth-order valence-corrected chi connectivity index (χ4v) is 3.87. The molecule has 2 aromatic heterocycles. The standard InChI is InChI=1S/C23H31N9/c1-3-32(4-2)23-29-21(28-22(30-23)27-20-16-24-12-13-25-20)26-19-10-14-31(15-11-19)17-18-8-6-5-7-9-18/h5-9,12-13,16,19H,3-4,10-11,14-15,17H2,1-2H3,(H2,25,26,27,28,29,30). The van der Waals surface area contributed by atoms with Crippen LogP contribution in [0.4, 0.5) is 23.7 Å². The van der Waals surface area contributed by atoms with Gasteiger partial charge in [-0.05, 0) is 32.3 Å². The number of nitrogens with zero attached hydrogens (tertiary/aromatic N) is 7. The lowest BCUT2D eigenvalue weighted by Crippen LogP contribution is -2.39. The smallest absolute Gasteiger partial charge is 0.235 e. The van der Waals surface area contributed by atoms with E-state index in [9.17, 15) is 0 Å². The van der Waals surface area contributed by atoms with Gasteiger partial charge in [-0.15, -0.1) is 0 Å². The molecule has 3 aromatic rings. The summed E-state index contributed by atoms with van der Waals surface area (Å²) in [4.78, 5) is 26.9. The first-order valence-corrected chi connectivity index (χ1v) is 11.3. The Balaban J connectivity index is 1.43. The monoisotopic (exact) mass is 433 g/mol. The molecular formula is C23H31N9. The van der Waals surface area contributed by atoms with Crippen LogP contribution >= 0.6 is 0 Å². The molecule has 0 amide bonds. The molecule has 9 heteroatoms. The van der Waals surface area contributed by atoms with Crippen molar-refractivity contribution in [2.24, 2.45) is 0 Å². The van der Waals surface area contributed by atoms with Gasteiger partial charge in [0, 0.05) is 51.2 Å². The van der Waals surface area contributed by atoms with Crippen molar-refractivity contribution in [1.82, 2.24) is 29.8 Å². The molecule has 1 aliphatic rings. The molecule has 0 atom stereocenters. The number of rotatable bonds is 9. The van der Waals surface area contributed by atoms with Crippen LogP contribution in [0.15, 0.2) is 48.9 Å². The third-order valence-corrected chi connectivity index (χ3v) is 5.64. The predicted molar refractivity (Wildman–Crippen MR) is 127 cm³/mol. The third kappa shape index (κ3) is 5.88. The molecule has 32 heavy (non-hydrogen) atoms. The van der Waals surface area contributed by atoms with Crippen molar-refractivity contribution in [3.63, 3.8) is 0 Å². The Bertz CT molecular complexity index is 956. The number of hydrogen-bond acceptors (Lipinski definition) is 9. The van der Waals surface area contributed by atoms with Gasteiger partial charge in [-0.25, -0.2) is 4.98 Å². The van der Waals surface area contributed by atoms with E-state index < -0.39 is 0 Å². The maximum atomic E-state index is 4.70. The fourth-order valence-electron chi connectivity index (χ4n) is 3.87. The molecule has 1 aliphatic heterocycles. The second-order valence-electron chi connectivity index (χ2n) is 7.85. The normalized spacial score (nSPS) is 14.8. The van der Waals surface area contributed by atoms with Crippen LogP contribution in [-0.2, 0) is 6.54 Å². The number of anilines is 4. The Morgan fingerprint density at radius 2 is 1.72 bits per heavy atom. The highest BCUT2D eigenvalue weighted by molar-refractivity contribution is 5.51. The molecular weight excluding hydrogens is 402 g/mol. The van der Waals surface area contributed by atoms with Crippen molar-refractivity contribution in [2.75, 3.05) is 41.7 Å². The van der Waals surface area contributed by atoms with E-state index in [-0.39, 0.29) is 0 Å². The molecule has 3 heterocycles. The predicted octanol–water partition coefficient (Wildman–Crippen LogP) is 3.33. The molecule has 0 saturated carbocycles. The second kappa shape index (κ2) is 10.8. The minimum Gasteiger partial charge on any atom is -0.351 e. The molecule has 0 unspecified atom stereocenters. The highest BCUT2D eigenvalue weighted by Crippen LogP contribution is 2.20. The SMILES string of the molecule is CCN(CC)c1nc(Nc2cnccn2)nc(NC2CCN(Cc3ccccc3)CC2)n1. The van der Waals surface area contributed by atoms with E-state index in [1.807, 2.05) is 0 Å². The van der Waals surface area contributed by atoms with Gasteiger partial charge in [-0.3, -0.25) is 9.88 Å². The highest BCUT2D eigenvalue weighted by atomic mass is 15.3. The maximum Gasteiger partial charge on any atom is 0.235 e. The number of nitrogens with one attached hydrogen (secondary N) is 2. The van der Waals surface area contributed by atoms with Crippen LogP contribution in [-0.4, -0.2) is 62.0 Å². The second-order valence-corrected chi connectivity index (χ2v) is 7.85. The molecule has 1 aromatic carbocycles. The molecule has 2 N–H and O–H groups in total. The van der Waals surface area contributed by atoms with E-state index >= 15 is 0 Å². The summed E-state index contributed by atoms with van der Waals surface area (Å²) in [6.07, 6.45) is 7.02. The van der Waals surface area contributed by atoms with Gasteiger partial charge in [0.2, 0.25) is 17.8 Å². The van der Waals surface area contributed by atoms with Gasteiger partial charge in [0.1, 0.15) is 0 Å². The Labute approximate surface area is 189 Å². The van der Waals surface area contributed by atoms with Gasteiger partial charge in [0.05, 0.1) is 6.20 Å². The number of hydrogen-bond donors (Lipinski definition) is 2. The van der Waals surface area contributed by atoms with Gasteiger partial charge in [-0.1, -0.05) is 30.3 Å². The van der Waals surface area contributed by atoms with Gasteiger partial charge in [0.15, 0.2) is 5.82 Å². The first-order chi connectivity index (χ1) is 15.7. The van der Waals surface area contributed by atoms with Gasteiger partial charge in [-0.2, -0.15) is 15.0 Å². The Hall–Kier alpha value is -3.33. The molecule has 0 radical (unpaired) electrons. The Morgan fingerprint density at radius 1 is 0.969 bits per heavy atom.